The van der Waals surface area contributed by atoms with Gasteiger partial charge in [-0.3, -0.25) is 19.7 Å². The van der Waals surface area contributed by atoms with E-state index in [2.05, 4.69) is 40.1 Å². The molecule has 1 atom stereocenters. The van der Waals surface area contributed by atoms with Gasteiger partial charge < -0.3 is 25.8 Å². The van der Waals surface area contributed by atoms with Crippen molar-refractivity contribution in [3.8, 4) is 0 Å². The van der Waals surface area contributed by atoms with Gasteiger partial charge in [-0.15, -0.1) is 4.99 Å². The summed E-state index contributed by atoms with van der Waals surface area (Å²) in [6.45, 7) is 9.88. The van der Waals surface area contributed by atoms with Crippen molar-refractivity contribution in [3.63, 3.8) is 0 Å². The highest BCUT2D eigenvalue weighted by atomic mass is 16.6. The number of alkyl carbamates (subject to hydrolysis) is 1. The van der Waals surface area contributed by atoms with Gasteiger partial charge in [-0.25, -0.2) is 9.59 Å². The third-order valence-electron chi connectivity index (χ3n) is 6.75. The Hall–Kier alpha value is -3.18. The lowest BCUT2D eigenvalue weighted by Gasteiger charge is -2.20. The molecule has 12 heteroatoms. The first-order chi connectivity index (χ1) is 20.9. The molecule has 0 spiro atoms. The Morgan fingerprint density at radius 2 is 1.25 bits per heavy atom. The van der Waals surface area contributed by atoms with E-state index in [9.17, 15) is 24.0 Å². The Kier molecular flexibility index (Phi) is 23.4. The summed E-state index contributed by atoms with van der Waals surface area (Å²) in [7, 11) is 0. The van der Waals surface area contributed by atoms with E-state index in [0.29, 0.717) is 19.4 Å². The molecule has 0 saturated carbocycles. The summed E-state index contributed by atoms with van der Waals surface area (Å²) < 4.78 is 5.13. The van der Waals surface area contributed by atoms with Gasteiger partial charge in [0.25, 0.3) is 5.91 Å². The van der Waals surface area contributed by atoms with Gasteiger partial charge in [0.05, 0.1) is 0 Å². The maximum atomic E-state index is 13.0. The number of ketones is 1. The number of aliphatic imine (C=N–C) groups is 1. The van der Waals surface area contributed by atoms with Crippen molar-refractivity contribution in [2.75, 3.05) is 13.1 Å². The van der Waals surface area contributed by atoms with Crippen LogP contribution in [0, 0.1) is 0 Å². The molecule has 0 aromatic heterocycles. The molecule has 1 unspecified atom stereocenters. The molecule has 0 bridgehead atoms. The van der Waals surface area contributed by atoms with Crippen LogP contribution >= 0.6 is 0 Å². The van der Waals surface area contributed by atoms with Crippen LogP contribution in [-0.4, -0.2) is 65.6 Å². The summed E-state index contributed by atoms with van der Waals surface area (Å²) in [4.78, 5) is 64.4. The SMILES string of the molecule is CCCCCCCCCCCCNC(=O)C(CCCN/C(=N\C(=O)O)NC(=O)OC(C)(C)C)NC(=O)C(=O)CCCCCC. The normalized spacial score (nSPS) is 12.2. The second-order valence-electron chi connectivity index (χ2n) is 12.2. The second kappa shape index (κ2) is 25.2. The van der Waals surface area contributed by atoms with E-state index in [1.807, 2.05) is 0 Å². The van der Waals surface area contributed by atoms with Crippen LogP contribution in [0.15, 0.2) is 4.99 Å². The summed E-state index contributed by atoms with van der Waals surface area (Å²) in [6, 6.07) is -0.939. The third-order valence-corrected chi connectivity index (χ3v) is 6.75. The Bertz CT molecular complexity index is 887. The summed E-state index contributed by atoms with van der Waals surface area (Å²) in [5.74, 6) is -2.03. The third kappa shape index (κ3) is 24.3. The molecule has 0 rings (SSSR count). The van der Waals surface area contributed by atoms with E-state index in [4.69, 9.17) is 9.84 Å². The van der Waals surface area contributed by atoms with Gasteiger partial charge in [0.1, 0.15) is 11.6 Å². The van der Waals surface area contributed by atoms with Crippen LogP contribution in [0.4, 0.5) is 9.59 Å². The molecule has 0 aliphatic carbocycles. The number of amides is 4. The van der Waals surface area contributed by atoms with Crippen molar-refractivity contribution in [1.29, 1.82) is 0 Å². The molecule has 0 heterocycles. The molecular weight excluding hydrogens is 566 g/mol. The molecule has 0 aromatic rings. The van der Waals surface area contributed by atoms with Gasteiger partial charge in [-0.1, -0.05) is 90.9 Å². The number of hydrogen-bond acceptors (Lipinski definition) is 6. The molecule has 0 fully saturated rings. The number of unbranched alkanes of at least 4 members (excludes halogenated alkanes) is 12. The van der Waals surface area contributed by atoms with Crippen LogP contribution in [0.2, 0.25) is 0 Å². The van der Waals surface area contributed by atoms with Gasteiger partial charge >= 0.3 is 12.2 Å². The molecule has 254 valence electrons. The number of rotatable bonds is 23. The predicted octanol–water partition coefficient (Wildman–Crippen LogP) is 5.98. The Balaban J connectivity index is 4.90. The molecule has 5 N–H and O–H groups in total. The maximum absolute atomic E-state index is 13.0. The van der Waals surface area contributed by atoms with Gasteiger partial charge in [-0.2, -0.15) is 0 Å². The monoisotopic (exact) mass is 625 g/mol. The molecule has 44 heavy (non-hydrogen) atoms. The number of Topliss-reactive ketones (excluding diaryl/α,β-unsaturated/α-hetero) is 1. The van der Waals surface area contributed by atoms with E-state index in [1.54, 1.807) is 20.8 Å². The number of ether oxygens (including phenoxy) is 1. The Morgan fingerprint density at radius 1 is 0.727 bits per heavy atom. The molecule has 0 aromatic carbocycles. The predicted molar refractivity (Wildman–Crippen MR) is 173 cm³/mol. The minimum absolute atomic E-state index is 0.130. The first-order valence-corrected chi connectivity index (χ1v) is 16.6. The average molecular weight is 626 g/mol. The summed E-state index contributed by atoms with van der Waals surface area (Å²) >= 11 is 0. The van der Waals surface area contributed by atoms with Gasteiger partial charge in [0.15, 0.2) is 0 Å². The van der Waals surface area contributed by atoms with Crippen LogP contribution in [0.5, 0.6) is 0 Å². The fourth-order valence-electron chi connectivity index (χ4n) is 4.40. The van der Waals surface area contributed by atoms with Crippen LogP contribution in [-0.2, 0) is 19.1 Å². The van der Waals surface area contributed by atoms with Gasteiger partial charge in [-0.05, 0) is 46.5 Å². The zero-order chi connectivity index (χ0) is 33.2. The Labute approximate surface area is 264 Å². The van der Waals surface area contributed by atoms with Crippen molar-refractivity contribution in [1.82, 2.24) is 21.3 Å². The largest absolute Gasteiger partial charge is 0.463 e. The van der Waals surface area contributed by atoms with Crippen molar-refractivity contribution >= 4 is 35.7 Å². The highest BCUT2D eigenvalue weighted by molar-refractivity contribution is 6.36. The quantitative estimate of drug-likeness (QED) is 0.0399. The molecule has 0 aliphatic heterocycles. The smallest absolute Gasteiger partial charge is 0.434 e. The number of guanidine groups is 1. The lowest BCUT2D eigenvalue weighted by Crippen LogP contribution is -2.49. The number of hydrogen-bond donors (Lipinski definition) is 5. The van der Waals surface area contributed by atoms with Crippen LogP contribution in [0.1, 0.15) is 144 Å². The number of nitrogens with one attached hydrogen (secondary N) is 4. The highest BCUT2D eigenvalue weighted by Gasteiger charge is 2.24. The summed E-state index contributed by atoms with van der Waals surface area (Å²) in [5.41, 5.74) is -0.793. The first kappa shape index (κ1) is 40.8. The number of carbonyl (C=O) groups is 5. The Morgan fingerprint density at radius 3 is 1.80 bits per heavy atom. The van der Waals surface area contributed by atoms with Crippen LogP contribution in [0.3, 0.4) is 0 Å². The van der Waals surface area contributed by atoms with Crippen LogP contribution < -0.4 is 21.3 Å². The standard InChI is InChI=1S/C32H59N5O7/c1-6-8-10-12-13-14-15-16-17-19-23-33-27(39)25(35-28(40)26(38)22-18-11-9-7-2)21-20-24-34-29(36-30(41)42)37-31(43)44-32(3,4)5/h25H,6-24H2,1-5H3,(H,33,39)(H,35,40)(H,41,42)(H2,34,36,37,43). The first-order valence-electron chi connectivity index (χ1n) is 16.6. The molecule has 0 aliphatic rings. The number of carbonyl (C=O) groups excluding carboxylic acids is 4. The van der Waals surface area contributed by atoms with Crippen molar-refractivity contribution in [2.45, 2.75) is 155 Å². The molecule has 0 saturated heterocycles. The summed E-state index contributed by atoms with van der Waals surface area (Å²) in [5, 5.41) is 19.5. The zero-order valence-corrected chi connectivity index (χ0v) is 27.9. The van der Waals surface area contributed by atoms with Gasteiger partial charge in [0.2, 0.25) is 17.6 Å². The highest BCUT2D eigenvalue weighted by Crippen LogP contribution is 2.11. The number of carboxylic acid groups (broad SMARTS) is 1. The van der Waals surface area contributed by atoms with Gasteiger partial charge in [0, 0.05) is 19.5 Å². The fourth-order valence-corrected chi connectivity index (χ4v) is 4.40. The van der Waals surface area contributed by atoms with E-state index in [0.717, 1.165) is 38.5 Å². The topological polar surface area (TPSA) is 175 Å². The zero-order valence-electron chi connectivity index (χ0n) is 27.9. The fraction of sp³-hybridized carbons (Fsp3) is 0.812. The van der Waals surface area contributed by atoms with E-state index in [-0.39, 0.29) is 31.3 Å². The number of nitrogens with zero attached hydrogens (tertiary/aromatic N) is 1. The average Bonchev–Trinajstić information content (AvgIpc) is 2.93. The summed E-state index contributed by atoms with van der Waals surface area (Å²) in [6.07, 6.45) is 13.5. The minimum atomic E-state index is -1.52. The van der Waals surface area contributed by atoms with E-state index >= 15 is 0 Å². The second-order valence-corrected chi connectivity index (χ2v) is 12.2. The van der Waals surface area contributed by atoms with Crippen molar-refractivity contribution in [2.24, 2.45) is 4.99 Å². The minimum Gasteiger partial charge on any atom is -0.463 e. The molecular formula is C32H59N5O7. The lowest BCUT2D eigenvalue weighted by molar-refractivity contribution is -0.139. The van der Waals surface area contributed by atoms with Crippen molar-refractivity contribution in [3.05, 3.63) is 0 Å². The van der Waals surface area contributed by atoms with E-state index < -0.39 is 35.5 Å². The van der Waals surface area contributed by atoms with E-state index in [1.165, 1.54) is 44.9 Å². The van der Waals surface area contributed by atoms with Crippen molar-refractivity contribution < 1.29 is 33.8 Å². The molecule has 12 nitrogen and oxygen atoms in total. The maximum Gasteiger partial charge on any atom is 0.434 e. The molecule has 4 amide bonds. The molecule has 0 radical (unpaired) electrons. The lowest BCUT2D eigenvalue weighted by atomic mass is 10.1. The van der Waals surface area contributed by atoms with Crippen LogP contribution in [0.25, 0.3) is 0 Å².